The molecule has 1 unspecified atom stereocenters. The molecule has 0 saturated carbocycles. The van der Waals surface area contributed by atoms with Crippen LogP contribution in [0.15, 0.2) is 54.6 Å². The van der Waals surface area contributed by atoms with E-state index in [1.165, 1.54) is 11.1 Å². The Bertz CT molecular complexity index is 628. The fourth-order valence-corrected chi connectivity index (χ4v) is 2.84. The Kier molecular flexibility index (Phi) is 7.29. The summed E-state index contributed by atoms with van der Waals surface area (Å²) in [4.78, 5) is 13.3. The molecule has 0 heterocycles. The number of carbonyl (C=O) groups excluding carboxylic acids is 1. The SMILES string of the molecule is C[C@H](CCc1ccccc1)NC(=O)C[NH+](C)Cc1ccc(Cl)cc1. The highest BCUT2D eigenvalue weighted by atomic mass is 35.5. The third-order valence-electron chi connectivity index (χ3n) is 4.00. The molecule has 0 radical (unpaired) electrons. The van der Waals surface area contributed by atoms with Gasteiger partial charge in [-0.2, -0.15) is 0 Å². The number of likely N-dealkylation sites (N-methyl/N-ethyl adjacent to an activating group) is 1. The third kappa shape index (κ3) is 6.73. The monoisotopic (exact) mass is 345 g/mol. The van der Waals surface area contributed by atoms with E-state index in [-0.39, 0.29) is 11.9 Å². The van der Waals surface area contributed by atoms with Crippen LogP contribution in [0.4, 0.5) is 0 Å². The maximum atomic E-state index is 12.2. The van der Waals surface area contributed by atoms with Gasteiger partial charge in [0.15, 0.2) is 6.54 Å². The number of quaternary nitrogens is 1. The summed E-state index contributed by atoms with van der Waals surface area (Å²) in [5.74, 6) is 0.0991. The molecule has 2 aromatic rings. The van der Waals surface area contributed by atoms with Crippen molar-refractivity contribution >= 4 is 17.5 Å². The number of carbonyl (C=O) groups is 1. The predicted molar refractivity (Wildman–Crippen MR) is 99.3 cm³/mol. The Hall–Kier alpha value is -1.84. The first-order valence-electron chi connectivity index (χ1n) is 8.42. The second kappa shape index (κ2) is 9.45. The highest BCUT2D eigenvalue weighted by Gasteiger charge is 2.13. The Morgan fingerprint density at radius 2 is 1.75 bits per heavy atom. The lowest BCUT2D eigenvalue weighted by molar-refractivity contribution is -0.885. The maximum absolute atomic E-state index is 12.2. The minimum atomic E-state index is 0.0991. The van der Waals surface area contributed by atoms with Crippen molar-refractivity contribution in [2.24, 2.45) is 0 Å². The molecule has 2 N–H and O–H groups in total. The largest absolute Gasteiger partial charge is 0.349 e. The van der Waals surface area contributed by atoms with Crippen LogP contribution in [0, 0.1) is 0 Å². The minimum Gasteiger partial charge on any atom is -0.349 e. The molecule has 0 bridgehead atoms. The number of nitrogens with one attached hydrogen (secondary N) is 2. The standard InChI is InChI=1S/C20H25ClN2O/c1-16(8-9-17-6-4-3-5-7-17)22-20(24)15-23(2)14-18-10-12-19(21)13-11-18/h3-7,10-13,16H,8-9,14-15H2,1-2H3,(H,22,24)/p+1/t16-/m1/s1. The number of halogens is 1. The van der Waals surface area contributed by atoms with Gasteiger partial charge >= 0.3 is 0 Å². The van der Waals surface area contributed by atoms with Crippen LogP contribution in [-0.2, 0) is 17.8 Å². The van der Waals surface area contributed by atoms with Gasteiger partial charge in [-0.25, -0.2) is 0 Å². The Balaban J connectivity index is 1.70. The first-order chi connectivity index (χ1) is 11.5. The molecule has 24 heavy (non-hydrogen) atoms. The second-order valence-electron chi connectivity index (χ2n) is 6.43. The van der Waals surface area contributed by atoms with Crippen molar-refractivity contribution in [2.45, 2.75) is 32.4 Å². The quantitative estimate of drug-likeness (QED) is 0.757. The van der Waals surface area contributed by atoms with Crippen molar-refractivity contribution in [3.8, 4) is 0 Å². The van der Waals surface area contributed by atoms with E-state index in [2.05, 4.69) is 24.4 Å². The lowest BCUT2D eigenvalue weighted by atomic mass is 10.1. The van der Waals surface area contributed by atoms with Crippen LogP contribution >= 0.6 is 11.6 Å². The number of rotatable bonds is 8. The fraction of sp³-hybridized carbons (Fsp3) is 0.350. The van der Waals surface area contributed by atoms with Gasteiger partial charge in [-0.05, 0) is 37.5 Å². The molecule has 4 heteroatoms. The first-order valence-corrected chi connectivity index (χ1v) is 8.80. The maximum Gasteiger partial charge on any atom is 0.275 e. The van der Waals surface area contributed by atoms with E-state index < -0.39 is 0 Å². The second-order valence-corrected chi connectivity index (χ2v) is 6.87. The number of amides is 1. The zero-order chi connectivity index (χ0) is 17.4. The van der Waals surface area contributed by atoms with Crippen LogP contribution in [0.1, 0.15) is 24.5 Å². The van der Waals surface area contributed by atoms with Crippen LogP contribution < -0.4 is 10.2 Å². The van der Waals surface area contributed by atoms with E-state index in [9.17, 15) is 4.79 Å². The van der Waals surface area contributed by atoms with Gasteiger partial charge in [0.2, 0.25) is 0 Å². The van der Waals surface area contributed by atoms with Crippen molar-refractivity contribution in [1.82, 2.24) is 5.32 Å². The van der Waals surface area contributed by atoms with Crippen molar-refractivity contribution < 1.29 is 9.69 Å². The van der Waals surface area contributed by atoms with E-state index >= 15 is 0 Å². The minimum absolute atomic E-state index is 0.0991. The lowest BCUT2D eigenvalue weighted by Crippen LogP contribution is -3.09. The fourth-order valence-electron chi connectivity index (χ4n) is 2.71. The van der Waals surface area contributed by atoms with E-state index in [0.29, 0.717) is 6.54 Å². The zero-order valence-electron chi connectivity index (χ0n) is 14.4. The summed E-state index contributed by atoms with van der Waals surface area (Å²) in [5, 5.41) is 3.83. The molecule has 0 spiro atoms. The lowest BCUT2D eigenvalue weighted by Gasteiger charge is -2.17. The Labute approximate surface area is 149 Å². The van der Waals surface area contributed by atoms with Crippen molar-refractivity contribution in [2.75, 3.05) is 13.6 Å². The third-order valence-corrected chi connectivity index (χ3v) is 4.25. The summed E-state index contributed by atoms with van der Waals surface area (Å²) in [6.07, 6.45) is 1.93. The molecule has 128 valence electrons. The van der Waals surface area contributed by atoms with Gasteiger partial charge in [0, 0.05) is 16.6 Å². The van der Waals surface area contributed by atoms with E-state index in [1.54, 1.807) is 0 Å². The Morgan fingerprint density at radius 1 is 1.08 bits per heavy atom. The van der Waals surface area contributed by atoms with Crippen molar-refractivity contribution in [3.63, 3.8) is 0 Å². The Morgan fingerprint density at radius 3 is 2.42 bits per heavy atom. The molecule has 0 saturated heterocycles. The van der Waals surface area contributed by atoms with E-state index in [4.69, 9.17) is 11.6 Å². The summed E-state index contributed by atoms with van der Waals surface area (Å²) < 4.78 is 0. The molecule has 2 aromatic carbocycles. The highest BCUT2D eigenvalue weighted by molar-refractivity contribution is 6.30. The molecule has 0 aliphatic carbocycles. The van der Waals surface area contributed by atoms with Crippen LogP contribution in [0.25, 0.3) is 0 Å². The molecule has 0 aromatic heterocycles. The summed E-state index contributed by atoms with van der Waals surface area (Å²) in [5.41, 5.74) is 2.49. The topological polar surface area (TPSA) is 33.5 Å². The zero-order valence-corrected chi connectivity index (χ0v) is 15.1. The molecule has 0 fully saturated rings. The van der Waals surface area contributed by atoms with Gasteiger partial charge in [0.05, 0.1) is 7.05 Å². The summed E-state index contributed by atoms with van der Waals surface area (Å²) in [6.45, 7) is 3.34. The van der Waals surface area contributed by atoms with Crippen LogP contribution in [0.5, 0.6) is 0 Å². The molecular weight excluding hydrogens is 320 g/mol. The van der Waals surface area contributed by atoms with E-state index in [0.717, 1.165) is 29.3 Å². The summed E-state index contributed by atoms with van der Waals surface area (Å²) in [6, 6.07) is 18.3. The van der Waals surface area contributed by atoms with Crippen LogP contribution in [0.3, 0.4) is 0 Å². The molecule has 1 amide bonds. The predicted octanol–water partition coefficient (Wildman–Crippen LogP) is 2.49. The van der Waals surface area contributed by atoms with E-state index in [1.807, 2.05) is 49.5 Å². The van der Waals surface area contributed by atoms with Gasteiger partial charge in [-0.15, -0.1) is 0 Å². The van der Waals surface area contributed by atoms with Crippen molar-refractivity contribution in [1.29, 1.82) is 0 Å². The normalized spacial score (nSPS) is 13.3. The highest BCUT2D eigenvalue weighted by Crippen LogP contribution is 2.08. The van der Waals surface area contributed by atoms with Crippen molar-refractivity contribution in [3.05, 3.63) is 70.7 Å². The molecule has 0 aliphatic rings. The molecule has 2 rings (SSSR count). The summed E-state index contributed by atoms with van der Waals surface area (Å²) >= 11 is 5.89. The van der Waals surface area contributed by atoms with Gasteiger partial charge in [-0.1, -0.05) is 54.1 Å². The van der Waals surface area contributed by atoms with Gasteiger partial charge in [0.25, 0.3) is 5.91 Å². The van der Waals surface area contributed by atoms with Crippen LogP contribution in [0.2, 0.25) is 5.02 Å². The van der Waals surface area contributed by atoms with Crippen LogP contribution in [-0.4, -0.2) is 25.5 Å². The molecule has 3 nitrogen and oxygen atoms in total. The number of hydrogen-bond acceptors (Lipinski definition) is 1. The number of aryl methyl sites for hydroxylation is 1. The summed E-state index contributed by atoms with van der Waals surface area (Å²) in [7, 11) is 2.03. The average Bonchev–Trinajstić information content (AvgIpc) is 2.56. The number of hydrogen-bond donors (Lipinski definition) is 2. The average molecular weight is 346 g/mol. The molecule has 2 atom stereocenters. The molecule has 0 aliphatic heterocycles. The smallest absolute Gasteiger partial charge is 0.275 e. The van der Waals surface area contributed by atoms with Gasteiger partial charge < -0.3 is 10.2 Å². The van der Waals surface area contributed by atoms with Gasteiger partial charge in [0.1, 0.15) is 6.54 Å². The van der Waals surface area contributed by atoms with Gasteiger partial charge in [-0.3, -0.25) is 4.79 Å². The first kappa shape index (κ1) is 18.5. The molecular formula is C20H26ClN2O+. The number of benzene rings is 2.